The third-order valence-electron chi connectivity index (χ3n) is 2.33. The molecule has 0 bridgehead atoms. The van der Waals surface area contributed by atoms with Crippen molar-refractivity contribution in [2.45, 2.75) is 64.7 Å². The van der Waals surface area contributed by atoms with E-state index in [0.717, 1.165) is 12.7 Å². The Morgan fingerprint density at radius 2 is 1.27 bits per heavy atom. The first kappa shape index (κ1) is 22.9. The van der Waals surface area contributed by atoms with E-state index in [9.17, 15) is 0 Å². The smallest absolute Gasteiger partial charge is 0.0751 e. The molecule has 0 saturated carbocycles. The summed E-state index contributed by atoms with van der Waals surface area (Å²) in [6.45, 7) is 2.25. The first-order valence-electron chi connectivity index (χ1n) is 5.71. The van der Waals surface area contributed by atoms with Gasteiger partial charge in [0.25, 0.3) is 0 Å². The number of allylic oxidation sites excluding steroid dienone is 1. The molecule has 0 aliphatic heterocycles. The molecule has 0 rings (SSSR count). The fourth-order valence-electron chi connectivity index (χ4n) is 1.47. The van der Waals surface area contributed by atoms with Gasteiger partial charge in [0.05, 0.1) is 6.26 Å². The van der Waals surface area contributed by atoms with Gasteiger partial charge in [0.2, 0.25) is 0 Å². The molecule has 0 amide bonds. The van der Waals surface area contributed by atoms with E-state index in [1.807, 2.05) is 6.08 Å². The van der Waals surface area contributed by atoms with Gasteiger partial charge in [-0.3, -0.25) is 0 Å². The van der Waals surface area contributed by atoms with Crippen molar-refractivity contribution in [1.82, 2.24) is 0 Å². The Labute approximate surface area is 181 Å². The van der Waals surface area contributed by atoms with Crippen molar-refractivity contribution in [2.75, 3.05) is 0 Å². The molecule has 3 heteroatoms. The van der Waals surface area contributed by atoms with Gasteiger partial charge in [0.15, 0.2) is 0 Å². The molecule has 80 valence electrons. The second kappa shape index (κ2) is 22.0. The average molecular weight is 263 g/mol. The van der Waals surface area contributed by atoms with Crippen LogP contribution in [0.4, 0.5) is 0 Å². The average Bonchev–Trinajstić information content (AvgIpc) is 2.16. The van der Waals surface area contributed by atoms with Gasteiger partial charge in [-0.1, -0.05) is 57.9 Å². The predicted octanol–water partition coefficient (Wildman–Crippen LogP) is 3.83. The van der Waals surface area contributed by atoms with E-state index in [1.54, 1.807) is 0 Å². The van der Waals surface area contributed by atoms with Gasteiger partial charge in [-0.2, -0.15) is 0 Å². The summed E-state index contributed by atoms with van der Waals surface area (Å²) < 4.78 is 0. The second-order valence-corrected chi connectivity index (χ2v) is 3.65. The van der Waals surface area contributed by atoms with Crippen LogP contribution >= 0.6 is 0 Å². The van der Waals surface area contributed by atoms with Crippen LogP contribution in [0.1, 0.15) is 64.7 Å². The van der Waals surface area contributed by atoms with Crippen molar-refractivity contribution >= 4 is 103 Å². The summed E-state index contributed by atoms with van der Waals surface area (Å²) in [6, 6.07) is 0. The molecule has 0 aromatic carbocycles. The SMILES string of the molecule is CCCCCCCCCCC=CO.[K].[K]. The Balaban J connectivity index is -0.000000720. The molecule has 0 saturated heterocycles. The molecule has 0 fully saturated rings. The fraction of sp³-hybridized carbons (Fsp3) is 0.833. The van der Waals surface area contributed by atoms with Gasteiger partial charge in [-0.25, -0.2) is 0 Å². The maximum Gasteiger partial charge on any atom is 0.0751 e. The minimum atomic E-state index is 0. The maximum absolute atomic E-state index is 8.39. The number of hydrogen-bond donors (Lipinski definition) is 1. The van der Waals surface area contributed by atoms with E-state index >= 15 is 0 Å². The molecule has 0 spiro atoms. The van der Waals surface area contributed by atoms with Crippen LogP contribution in [0.3, 0.4) is 0 Å². The molecule has 0 atom stereocenters. The topological polar surface area (TPSA) is 20.2 Å². The zero-order chi connectivity index (χ0) is 9.78. The summed E-state index contributed by atoms with van der Waals surface area (Å²) in [6.07, 6.45) is 14.9. The molecular weight excluding hydrogens is 238 g/mol. The number of aliphatic hydroxyl groups is 1. The van der Waals surface area contributed by atoms with Crippen LogP contribution in [0.2, 0.25) is 0 Å². The monoisotopic (exact) mass is 262 g/mol. The normalized spacial score (nSPS) is 9.67. The summed E-state index contributed by atoms with van der Waals surface area (Å²) in [7, 11) is 0. The summed E-state index contributed by atoms with van der Waals surface area (Å²) >= 11 is 0. The quantitative estimate of drug-likeness (QED) is 0.380. The maximum atomic E-state index is 8.39. The Morgan fingerprint density at radius 1 is 0.800 bits per heavy atom. The van der Waals surface area contributed by atoms with E-state index in [0.29, 0.717) is 0 Å². The molecule has 0 aliphatic carbocycles. The molecule has 15 heavy (non-hydrogen) atoms. The molecule has 0 heterocycles. The van der Waals surface area contributed by atoms with Gasteiger partial charge in [-0.15, -0.1) is 0 Å². The Morgan fingerprint density at radius 3 is 1.73 bits per heavy atom. The summed E-state index contributed by atoms with van der Waals surface area (Å²) in [5, 5.41) is 8.39. The number of hydrogen-bond acceptors (Lipinski definition) is 1. The summed E-state index contributed by atoms with van der Waals surface area (Å²) in [5.41, 5.74) is 0. The van der Waals surface area contributed by atoms with Crippen LogP contribution in [0.5, 0.6) is 0 Å². The molecule has 0 aromatic heterocycles. The molecule has 0 aliphatic rings. The van der Waals surface area contributed by atoms with Crippen molar-refractivity contribution in [3.63, 3.8) is 0 Å². The van der Waals surface area contributed by atoms with Crippen molar-refractivity contribution in [3.8, 4) is 0 Å². The minimum absolute atomic E-state index is 0. The van der Waals surface area contributed by atoms with Crippen molar-refractivity contribution in [3.05, 3.63) is 12.3 Å². The van der Waals surface area contributed by atoms with Gasteiger partial charge in [0.1, 0.15) is 0 Å². The van der Waals surface area contributed by atoms with E-state index in [1.165, 1.54) is 51.4 Å². The number of unbranched alkanes of at least 4 members (excludes halogenated alkanes) is 8. The summed E-state index contributed by atoms with van der Waals surface area (Å²) in [4.78, 5) is 0. The molecule has 1 N–H and O–H groups in total. The van der Waals surface area contributed by atoms with E-state index in [2.05, 4.69) is 6.92 Å². The zero-order valence-electron chi connectivity index (χ0n) is 11.0. The van der Waals surface area contributed by atoms with Gasteiger partial charge >= 0.3 is 0 Å². The Bertz CT molecular complexity index is 116. The zero-order valence-corrected chi connectivity index (χ0v) is 17.2. The third kappa shape index (κ3) is 22.5. The molecular formula is C12H24K2O. The van der Waals surface area contributed by atoms with Crippen molar-refractivity contribution in [1.29, 1.82) is 0 Å². The van der Waals surface area contributed by atoms with E-state index < -0.39 is 0 Å². The van der Waals surface area contributed by atoms with Gasteiger partial charge in [-0.05, 0) is 12.8 Å². The first-order chi connectivity index (χ1) is 6.41. The first-order valence-corrected chi connectivity index (χ1v) is 5.71. The van der Waals surface area contributed by atoms with Crippen LogP contribution in [0.15, 0.2) is 12.3 Å². The molecule has 0 aromatic rings. The Hall–Kier alpha value is 2.81. The largest absolute Gasteiger partial charge is 0.516 e. The Kier molecular flexibility index (Phi) is 33.7. The van der Waals surface area contributed by atoms with Crippen LogP contribution < -0.4 is 0 Å². The standard InChI is InChI=1S/C12H24O.2K/c1-2-3-4-5-6-7-8-9-10-11-12-13;;/h11-13H,2-10H2,1H3;;. The summed E-state index contributed by atoms with van der Waals surface area (Å²) in [5.74, 6) is 0. The van der Waals surface area contributed by atoms with E-state index in [-0.39, 0.29) is 103 Å². The van der Waals surface area contributed by atoms with E-state index in [4.69, 9.17) is 5.11 Å². The number of rotatable bonds is 9. The van der Waals surface area contributed by atoms with Gasteiger partial charge in [0, 0.05) is 103 Å². The second-order valence-electron chi connectivity index (χ2n) is 3.65. The van der Waals surface area contributed by atoms with Crippen LogP contribution in [0.25, 0.3) is 0 Å². The minimum Gasteiger partial charge on any atom is -0.516 e. The van der Waals surface area contributed by atoms with Crippen LogP contribution in [0, 0.1) is 0 Å². The van der Waals surface area contributed by atoms with Gasteiger partial charge < -0.3 is 5.11 Å². The van der Waals surface area contributed by atoms with Crippen molar-refractivity contribution < 1.29 is 5.11 Å². The van der Waals surface area contributed by atoms with Crippen molar-refractivity contribution in [2.24, 2.45) is 0 Å². The molecule has 2 radical (unpaired) electrons. The number of aliphatic hydroxyl groups excluding tert-OH is 1. The predicted molar refractivity (Wildman–Crippen MR) is 70.5 cm³/mol. The van der Waals surface area contributed by atoms with Crippen LogP contribution in [-0.4, -0.2) is 108 Å². The fourth-order valence-corrected chi connectivity index (χ4v) is 1.47. The van der Waals surface area contributed by atoms with Crippen LogP contribution in [-0.2, 0) is 0 Å². The molecule has 0 unspecified atom stereocenters. The third-order valence-corrected chi connectivity index (χ3v) is 2.33. The molecule has 1 nitrogen and oxygen atoms in total.